The van der Waals surface area contributed by atoms with Gasteiger partial charge in [0.15, 0.2) is 0 Å². The number of fused-ring (bicyclic) bond motifs is 2. The summed E-state index contributed by atoms with van der Waals surface area (Å²) in [5, 5.41) is 0.899. The molecule has 0 bridgehead atoms. The van der Waals surface area contributed by atoms with Gasteiger partial charge in [-0.05, 0) is 35.5 Å². The predicted octanol–water partition coefficient (Wildman–Crippen LogP) is 1.76. The normalized spacial score (nSPS) is 28.3. The Bertz CT molecular complexity index is 464. The highest BCUT2D eigenvalue weighted by molar-refractivity contribution is 8.07. The number of allylic oxidation sites excluding steroid dienone is 8. The minimum atomic E-state index is 0.370. The molecule has 1 unspecified atom stereocenters. The van der Waals surface area contributed by atoms with Crippen molar-refractivity contribution in [2.45, 2.75) is 0 Å². The maximum absolute atomic E-state index is 5.77. The monoisotopic (exact) mass is 202 g/mol. The van der Waals surface area contributed by atoms with Gasteiger partial charge in [-0.3, -0.25) is 0 Å². The highest BCUT2D eigenvalue weighted by atomic mass is 32.2. The Labute approximate surface area is 86.7 Å². The van der Waals surface area contributed by atoms with Crippen LogP contribution >= 0.6 is 11.8 Å². The average Bonchev–Trinajstić information content (AvgIpc) is 2.59. The Morgan fingerprint density at radius 2 is 1.86 bits per heavy atom. The molecule has 3 heteroatoms. The van der Waals surface area contributed by atoms with E-state index in [-0.39, 0.29) is 0 Å². The average molecular weight is 202 g/mol. The molecule has 14 heavy (non-hydrogen) atoms. The smallest absolute Gasteiger partial charge is 0.0669 e. The van der Waals surface area contributed by atoms with Crippen LogP contribution in [0.3, 0.4) is 0 Å². The summed E-state index contributed by atoms with van der Waals surface area (Å²) in [6, 6.07) is 0. The van der Waals surface area contributed by atoms with E-state index < -0.39 is 0 Å². The Kier molecular flexibility index (Phi) is 1.47. The van der Waals surface area contributed by atoms with E-state index in [1.807, 2.05) is 12.2 Å². The molecule has 0 spiro atoms. The van der Waals surface area contributed by atoms with Gasteiger partial charge in [0.2, 0.25) is 0 Å². The lowest BCUT2D eigenvalue weighted by molar-refractivity contribution is 1.03. The third-order valence-corrected chi connectivity index (χ3v) is 3.54. The Morgan fingerprint density at radius 1 is 1.00 bits per heavy atom. The van der Waals surface area contributed by atoms with E-state index in [0.717, 1.165) is 10.7 Å². The van der Waals surface area contributed by atoms with E-state index in [2.05, 4.69) is 18.2 Å². The molecule has 0 saturated heterocycles. The summed E-state index contributed by atoms with van der Waals surface area (Å²) < 4.78 is 0. The van der Waals surface area contributed by atoms with Gasteiger partial charge in [0.1, 0.15) is 0 Å². The molecule has 1 atom stereocenters. The molecule has 0 aromatic carbocycles. The zero-order valence-corrected chi connectivity index (χ0v) is 8.34. The van der Waals surface area contributed by atoms with E-state index in [1.165, 1.54) is 16.1 Å². The fraction of sp³-hybridized carbons (Fsp3) is 0.0909. The number of nitrogens with two attached hydrogens (primary N) is 2. The lowest BCUT2D eigenvalue weighted by Crippen LogP contribution is -1.98. The van der Waals surface area contributed by atoms with Gasteiger partial charge in [-0.1, -0.05) is 17.8 Å². The Morgan fingerprint density at radius 3 is 2.71 bits per heavy atom. The highest BCUT2D eigenvalue weighted by Gasteiger charge is 2.25. The fourth-order valence-electron chi connectivity index (χ4n) is 1.94. The first kappa shape index (κ1) is 8.00. The second kappa shape index (κ2) is 2.58. The molecule has 3 rings (SSSR count). The largest absolute Gasteiger partial charge is 0.399 e. The lowest BCUT2D eigenvalue weighted by atomic mass is 9.95. The van der Waals surface area contributed by atoms with Crippen LogP contribution in [0.1, 0.15) is 0 Å². The van der Waals surface area contributed by atoms with Gasteiger partial charge in [0.25, 0.3) is 0 Å². The van der Waals surface area contributed by atoms with Crippen LogP contribution in [0.4, 0.5) is 0 Å². The van der Waals surface area contributed by atoms with Crippen molar-refractivity contribution in [2.75, 3.05) is 0 Å². The molecular formula is C11H10N2S. The van der Waals surface area contributed by atoms with E-state index in [0.29, 0.717) is 5.92 Å². The summed E-state index contributed by atoms with van der Waals surface area (Å²) in [4.78, 5) is 1.31. The SMILES string of the molecule is NC1=CC2=CC3C=C(N)SC3=CC2=C1. The predicted molar refractivity (Wildman–Crippen MR) is 59.9 cm³/mol. The standard InChI is InChI=1S/C11H10N2S/c12-9-2-6-1-8-5-11(13)14-10(8)4-7(6)3-9/h1-5,8H,12-13H2. The van der Waals surface area contributed by atoms with Crippen LogP contribution in [0.15, 0.2) is 57.2 Å². The number of hydrogen-bond donors (Lipinski definition) is 2. The second-order valence-electron chi connectivity index (χ2n) is 3.61. The van der Waals surface area contributed by atoms with Crippen molar-refractivity contribution < 1.29 is 0 Å². The molecule has 0 amide bonds. The first-order valence-electron chi connectivity index (χ1n) is 4.50. The van der Waals surface area contributed by atoms with E-state index in [9.17, 15) is 0 Å². The Balaban J connectivity index is 2.07. The fourth-order valence-corrected chi connectivity index (χ4v) is 2.88. The molecule has 0 fully saturated rings. The van der Waals surface area contributed by atoms with Crippen molar-refractivity contribution >= 4 is 11.8 Å². The van der Waals surface area contributed by atoms with Crippen LogP contribution < -0.4 is 11.5 Å². The molecule has 4 N–H and O–H groups in total. The maximum atomic E-state index is 5.77. The molecule has 0 saturated carbocycles. The quantitative estimate of drug-likeness (QED) is 0.629. The molecular weight excluding hydrogens is 192 g/mol. The van der Waals surface area contributed by atoms with Crippen molar-refractivity contribution in [3.63, 3.8) is 0 Å². The number of rotatable bonds is 0. The molecule has 3 aliphatic rings. The molecule has 1 aliphatic heterocycles. The van der Waals surface area contributed by atoms with Crippen LogP contribution in [0.25, 0.3) is 0 Å². The van der Waals surface area contributed by atoms with Gasteiger partial charge in [-0.2, -0.15) is 0 Å². The summed E-state index contributed by atoms with van der Waals surface area (Å²) in [5.41, 5.74) is 14.8. The summed E-state index contributed by atoms with van der Waals surface area (Å²) in [5.74, 6) is 0.370. The van der Waals surface area contributed by atoms with Crippen molar-refractivity contribution in [2.24, 2.45) is 17.4 Å². The van der Waals surface area contributed by atoms with Crippen LogP contribution in [-0.4, -0.2) is 0 Å². The zero-order chi connectivity index (χ0) is 9.71. The van der Waals surface area contributed by atoms with Crippen LogP contribution in [0.2, 0.25) is 0 Å². The summed E-state index contributed by atoms with van der Waals surface area (Å²) in [6.45, 7) is 0. The molecule has 0 radical (unpaired) electrons. The second-order valence-corrected chi connectivity index (χ2v) is 4.76. The van der Waals surface area contributed by atoms with Gasteiger partial charge in [0, 0.05) is 16.5 Å². The minimum Gasteiger partial charge on any atom is -0.399 e. The molecule has 0 aromatic rings. The van der Waals surface area contributed by atoms with Gasteiger partial charge in [0.05, 0.1) is 5.03 Å². The minimum absolute atomic E-state index is 0.370. The maximum Gasteiger partial charge on any atom is 0.0669 e. The molecule has 2 aliphatic carbocycles. The van der Waals surface area contributed by atoms with Crippen molar-refractivity contribution in [1.82, 2.24) is 0 Å². The Hall–Kier alpha value is -1.35. The number of hydrogen-bond acceptors (Lipinski definition) is 3. The summed E-state index contributed by atoms with van der Waals surface area (Å²) in [7, 11) is 0. The molecule has 70 valence electrons. The van der Waals surface area contributed by atoms with Crippen LogP contribution in [0, 0.1) is 5.92 Å². The molecule has 0 aromatic heterocycles. The highest BCUT2D eigenvalue weighted by Crippen LogP contribution is 2.44. The topological polar surface area (TPSA) is 52.0 Å². The third-order valence-electron chi connectivity index (χ3n) is 2.54. The third kappa shape index (κ3) is 1.06. The van der Waals surface area contributed by atoms with Crippen molar-refractivity contribution in [1.29, 1.82) is 0 Å². The first-order valence-corrected chi connectivity index (χ1v) is 5.32. The zero-order valence-electron chi connectivity index (χ0n) is 7.53. The van der Waals surface area contributed by atoms with E-state index >= 15 is 0 Å². The first-order chi connectivity index (χ1) is 6.72. The van der Waals surface area contributed by atoms with E-state index in [4.69, 9.17) is 11.5 Å². The van der Waals surface area contributed by atoms with Crippen LogP contribution in [-0.2, 0) is 0 Å². The van der Waals surface area contributed by atoms with Gasteiger partial charge >= 0.3 is 0 Å². The van der Waals surface area contributed by atoms with Crippen molar-refractivity contribution in [3.8, 4) is 0 Å². The molecule has 1 heterocycles. The van der Waals surface area contributed by atoms with Crippen LogP contribution in [0.5, 0.6) is 0 Å². The van der Waals surface area contributed by atoms with E-state index in [1.54, 1.807) is 11.8 Å². The van der Waals surface area contributed by atoms with Gasteiger partial charge in [-0.15, -0.1) is 0 Å². The lowest BCUT2D eigenvalue weighted by Gasteiger charge is -2.13. The summed E-state index contributed by atoms with van der Waals surface area (Å²) in [6.07, 6.45) is 10.5. The summed E-state index contributed by atoms with van der Waals surface area (Å²) >= 11 is 1.65. The van der Waals surface area contributed by atoms with Gasteiger partial charge in [-0.25, -0.2) is 0 Å². The van der Waals surface area contributed by atoms with Crippen molar-refractivity contribution in [3.05, 3.63) is 57.2 Å². The number of thioether (sulfide) groups is 1. The van der Waals surface area contributed by atoms with Gasteiger partial charge < -0.3 is 11.5 Å². The molecule has 2 nitrogen and oxygen atoms in total.